The minimum atomic E-state index is -0.813. The van der Waals surface area contributed by atoms with Crippen LogP contribution in [0.1, 0.15) is 23.0 Å². The van der Waals surface area contributed by atoms with Gasteiger partial charge >= 0.3 is 0 Å². The normalized spacial score (nSPS) is 11.0. The molecular weight excluding hydrogens is 318 g/mol. The SMILES string of the molecule is CC(=NNC(=O)c1cc([N+](=O)[O-])cc([N+](=O)[O-])c1)c1ccccn1. The summed E-state index contributed by atoms with van der Waals surface area (Å²) < 4.78 is 0. The molecule has 24 heavy (non-hydrogen) atoms. The first-order valence-electron chi connectivity index (χ1n) is 6.58. The molecule has 2 rings (SSSR count). The van der Waals surface area contributed by atoms with Crippen molar-refractivity contribution in [3.8, 4) is 0 Å². The molecule has 0 saturated carbocycles. The number of non-ortho nitro benzene ring substituents is 2. The molecule has 0 fully saturated rings. The zero-order valence-corrected chi connectivity index (χ0v) is 12.4. The van der Waals surface area contributed by atoms with E-state index in [4.69, 9.17) is 0 Å². The van der Waals surface area contributed by atoms with Gasteiger partial charge in [-0.1, -0.05) is 6.07 Å². The van der Waals surface area contributed by atoms with Crippen molar-refractivity contribution >= 4 is 23.0 Å². The molecule has 0 aliphatic carbocycles. The lowest BCUT2D eigenvalue weighted by Gasteiger charge is -2.03. The van der Waals surface area contributed by atoms with Crippen LogP contribution in [0.3, 0.4) is 0 Å². The third kappa shape index (κ3) is 3.94. The van der Waals surface area contributed by atoms with Crippen molar-refractivity contribution in [3.05, 3.63) is 74.1 Å². The number of rotatable bonds is 5. The highest BCUT2D eigenvalue weighted by molar-refractivity contribution is 6.00. The van der Waals surface area contributed by atoms with Gasteiger partial charge in [-0.15, -0.1) is 0 Å². The number of nitrogens with zero attached hydrogens (tertiary/aromatic N) is 4. The molecule has 0 radical (unpaired) electrons. The zero-order chi connectivity index (χ0) is 17.7. The van der Waals surface area contributed by atoms with E-state index in [9.17, 15) is 25.0 Å². The van der Waals surface area contributed by atoms with Gasteiger partial charge in [0.25, 0.3) is 17.3 Å². The largest absolute Gasteiger partial charge is 0.277 e. The van der Waals surface area contributed by atoms with Gasteiger partial charge in [-0.05, 0) is 19.1 Å². The molecule has 0 spiro atoms. The summed E-state index contributed by atoms with van der Waals surface area (Å²) in [5.74, 6) is -0.808. The van der Waals surface area contributed by atoms with Crippen molar-refractivity contribution < 1.29 is 14.6 Å². The van der Waals surface area contributed by atoms with Crippen molar-refractivity contribution in [1.29, 1.82) is 0 Å². The minimum absolute atomic E-state index is 0.242. The first-order valence-corrected chi connectivity index (χ1v) is 6.58. The van der Waals surface area contributed by atoms with E-state index < -0.39 is 27.1 Å². The van der Waals surface area contributed by atoms with E-state index in [0.717, 1.165) is 18.2 Å². The van der Waals surface area contributed by atoms with Crippen molar-refractivity contribution in [2.75, 3.05) is 0 Å². The highest BCUT2D eigenvalue weighted by atomic mass is 16.6. The molecule has 1 N–H and O–H groups in total. The van der Waals surface area contributed by atoms with Crippen molar-refractivity contribution in [3.63, 3.8) is 0 Å². The van der Waals surface area contributed by atoms with Crippen LogP contribution in [0.5, 0.6) is 0 Å². The average molecular weight is 329 g/mol. The van der Waals surface area contributed by atoms with Crippen LogP contribution in [-0.4, -0.2) is 26.4 Å². The van der Waals surface area contributed by atoms with Crippen LogP contribution in [-0.2, 0) is 0 Å². The zero-order valence-electron chi connectivity index (χ0n) is 12.4. The molecule has 0 saturated heterocycles. The number of carbonyl (C=O) groups is 1. The Hall–Kier alpha value is -3.69. The number of nitro benzene ring substituents is 2. The van der Waals surface area contributed by atoms with Crippen molar-refractivity contribution in [2.24, 2.45) is 5.10 Å². The second kappa shape index (κ2) is 7.05. The number of nitrogens with one attached hydrogen (secondary N) is 1. The van der Waals surface area contributed by atoms with Crippen LogP contribution in [0.25, 0.3) is 0 Å². The molecule has 0 aliphatic rings. The van der Waals surface area contributed by atoms with Crippen LogP contribution in [0, 0.1) is 20.2 Å². The van der Waals surface area contributed by atoms with Crippen LogP contribution in [0.4, 0.5) is 11.4 Å². The molecule has 1 aromatic heterocycles. The van der Waals surface area contributed by atoms with E-state index in [0.29, 0.717) is 11.4 Å². The predicted octanol–water partition coefficient (Wildman–Crippen LogP) is 2.05. The Morgan fingerprint density at radius 1 is 1.12 bits per heavy atom. The highest BCUT2D eigenvalue weighted by Gasteiger charge is 2.19. The summed E-state index contributed by atoms with van der Waals surface area (Å²) in [6, 6.07) is 7.80. The number of aromatic nitrogens is 1. The van der Waals surface area contributed by atoms with E-state index in [1.54, 1.807) is 31.3 Å². The Bertz CT molecular complexity index is 802. The molecular formula is C14H11N5O5. The molecule has 122 valence electrons. The second-order valence-electron chi connectivity index (χ2n) is 4.61. The van der Waals surface area contributed by atoms with Crippen molar-refractivity contribution in [1.82, 2.24) is 10.4 Å². The van der Waals surface area contributed by atoms with E-state index in [-0.39, 0.29) is 5.56 Å². The third-order valence-electron chi connectivity index (χ3n) is 2.95. The second-order valence-corrected chi connectivity index (χ2v) is 4.61. The number of hydrazone groups is 1. The van der Waals surface area contributed by atoms with Gasteiger partial charge in [0.1, 0.15) is 0 Å². The van der Waals surface area contributed by atoms with Gasteiger partial charge < -0.3 is 0 Å². The summed E-state index contributed by atoms with van der Waals surface area (Å²) in [4.78, 5) is 36.1. The first kappa shape index (κ1) is 16.7. The quantitative estimate of drug-likeness (QED) is 0.505. The summed E-state index contributed by atoms with van der Waals surface area (Å²) in [6.07, 6.45) is 1.56. The number of carbonyl (C=O) groups excluding carboxylic acids is 1. The van der Waals surface area contributed by atoms with E-state index in [2.05, 4.69) is 15.5 Å². The lowest BCUT2D eigenvalue weighted by molar-refractivity contribution is -0.394. The van der Waals surface area contributed by atoms with Crippen LogP contribution in [0.2, 0.25) is 0 Å². The molecule has 10 heteroatoms. The lowest BCUT2D eigenvalue weighted by atomic mass is 10.1. The monoisotopic (exact) mass is 329 g/mol. The maximum absolute atomic E-state index is 12.0. The number of hydrogen-bond donors (Lipinski definition) is 1. The van der Waals surface area contributed by atoms with E-state index >= 15 is 0 Å². The summed E-state index contributed by atoms with van der Waals surface area (Å²) in [5.41, 5.74) is 1.78. The number of pyridine rings is 1. The standard InChI is InChI=1S/C14H11N5O5/c1-9(13-4-2-3-5-15-13)16-17-14(20)10-6-11(18(21)22)8-12(7-10)19(23)24/h2-8H,1H3,(H,17,20). The molecule has 1 heterocycles. The molecule has 1 amide bonds. The number of amides is 1. The minimum Gasteiger partial charge on any atom is -0.267 e. The molecule has 2 aromatic rings. The van der Waals surface area contributed by atoms with Crippen LogP contribution >= 0.6 is 0 Å². The Balaban J connectivity index is 2.26. The van der Waals surface area contributed by atoms with Crippen LogP contribution < -0.4 is 5.43 Å². The maximum Gasteiger partial charge on any atom is 0.277 e. The number of hydrogen-bond acceptors (Lipinski definition) is 7. The Kier molecular flexibility index (Phi) is 4.90. The summed E-state index contributed by atoms with van der Waals surface area (Å²) in [6.45, 7) is 1.61. The fraction of sp³-hybridized carbons (Fsp3) is 0.0714. The Labute approximate surface area is 135 Å². The molecule has 0 unspecified atom stereocenters. The van der Waals surface area contributed by atoms with Gasteiger partial charge in [0.2, 0.25) is 0 Å². The average Bonchev–Trinajstić information content (AvgIpc) is 2.59. The Morgan fingerprint density at radius 2 is 1.75 bits per heavy atom. The van der Waals surface area contributed by atoms with Gasteiger partial charge in [-0.25, -0.2) is 5.43 Å². The fourth-order valence-corrected chi connectivity index (χ4v) is 1.77. The highest BCUT2D eigenvalue weighted by Crippen LogP contribution is 2.22. The maximum atomic E-state index is 12.0. The summed E-state index contributed by atoms with van der Waals surface area (Å²) in [5, 5.41) is 25.5. The van der Waals surface area contributed by atoms with Gasteiger partial charge in [-0.2, -0.15) is 5.10 Å². The van der Waals surface area contributed by atoms with Gasteiger partial charge in [0, 0.05) is 18.3 Å². The number of nitro groups is 2. The van der Waals surface area contributed by atoms with Crippen molar-refractivity contribution in [2.45, 2.75) is 6.92 Å². The Morgan fingerprint density at radius 3 is 2.25 bits per heavy atom. The van der Waals surface area contributed by atoms with Crippen LogP contribution in [0.15, 0.2) is 47.7 Å². The van der Waals surface area contributed by atoms with E-state index in [1.165, 1.54) is 0 Å². The van der Waals surface area contributed by atoms with E-state index in [1.807, 2.05) is 0 Å². The smallest absolute Gasteiger partial charge is 0.267 e. The first-order chi connectivity index (χ1) is 11.4. The molecule has 0 atom stereocenters. The molecule has 0 bridgehead atoms. The lowest BCUT2D eigenvalue weighted by Crippen LogP contribution is -2.20. The molecule has 10 nitrogen and oxygen atoms in total. The van der Waals surface area contributed by atoms with Gasteiger partial charge in [0.15, 0.2) is 0 Å². The molecule has 1 aromatic carbocycles. The van der Waals surface area contributed by atoms with Gasteiger partial charge in [0.05, 0.1) is 32.9 Å². The topological polar surface area (TPSA) is 141 Å². The van der Waals surface area contributed by atoms with Gasteiger partial charge in [-0.3, -0.25) is 30.0 Å². The third-order valence-corrected chi connectivity index (χ3v) is 2.95. The summed E-state index contributed by atoms with van der Waals surface area (Å²) in [7, 11) is 0. The number of benzene rings is 1. The predicted molar refractivity (Wildman–Crippen MR) is 83.7 cm³/mol. The summed E-state index contributed by atoms with van der Waals surface area (Å²) >= 11 is 0. The molecule has 0 aliphatic heterocycles. The fourth-order valence-electron chi connectivity index (χ4n) is 1.77.